The fraction of sp³-hybridized carbons (Fsp3) is 0.0435. The highest BCUT2D eigenvalue weighted by atomic mass is 79.9. The maximum Gasteiger partial charge on any atom is 0.272 e. The molecule has 0 aliphatic heterocycles. The number of carbonyl (C=O) groups excluding carboxylic acids is 2. The molecule has 4 nitrogen and oxygen atoms in total. The Labute approximate surface area is 172 Å². The number of amides is 2. The van der Waals surface area contributed by atoms with Gasteiger partial charge >= 0.3 is 0 Å². The minimum Gasteiger partial charge on any atom is -0.321 e. The Hall–Kier alpha value is -3.18. The third-order valence-electron chi connectivity index (χ3n) is 4.02. The van der Waals surface area contributed by atoms with Crippen LogP contribution in [-0.4, -0.2) is 11.8 Å². The van der Waals surface area contributed by atoms with E-state index in [1.54, 1.807) is 30.3 Å². The first kappa shape index (κ1) is 19.6. The zero-order chi connectivity index (χ0) is 19.9. The van der Waals surface area contributed by atoms with Crippen LogP contribution >= 0.6 is 15.9 Å². The second-order valence-electron chi connectivity index (χ2n) is 6.25. The monoisotopic (exact) mass is 434 g/mol. The van der Waals surface area contributed by atoms with E-state index in [0.29, 0.717) is 11.3 Å². The fourth-order valence-electron chi connectivity index (χ4n) is 2.50. The van der Waals surface area contributed by atoms with Crippen molar-refractivity contribution in [2.24, 2.45) is 0 Å². The van der Waals surface area contributed by atoms with Crippen molar-refractivity contribution in [1.82, 2.24) is 5.32 Å². The lowest BCUT2D eigenvalue weighted by Gasteiger charge is -2.11. The van der Waals surface area contributed by atoms with E-state index in [0.717, 1.165) is 15.6 Å². The predicted molar refractivity (Wildman–Crippen MR) is 116 cm³/mol. The van der Waals surface area contributed by atoms with Gasteiger partial charge in [0.2, 0.25) is 0 Å². The molecule has 0 bridgehead atoms. The molecule has 3 rings (SSSR count). The average molecular weight is 435 g/mol. The standard InChI is InChI=1S/C23H19BrN2O2/c1-16-7-13-20(14-8-16)25-23(28)21(15-17-9-11-19(24)12-10-17)26-22(27)18-5-3-2-4-6-18/h2-15H,1H3,(H,25,28)(H,26,27)/b21-15+. The van der Waals surface area contributed by atoms with Crippen molar-refractivity contribution in [1.29, 1.82) is 0 Å². The molecule has 0 saturated heterocycles. The SMILES string of the molecule is Cc1ccc(NC(=O)/C(=C\c2ccc(Br)cc2)NC(=O)c2ccccc2)cc1. The van der Waals surface area contributed by atoms with E-state index in [9.17, 15) is 9.59 Å². The summed E-state index contributed by atoms with van der Waals surface area (Å²) in [6.07, 6.45) is 1.65. The second kappa shape index (κ2) is 9.15. The van der Waals surface area contributed by atoms with E-state index in [4.69, 9.17) is 0 Å². The van der Waals surface area contributed by atoms with Gasteiger partial charge in [-0.15, -0.1) is 0 Å². The van der Waals surface area contributed by atoms with Crippen LogP contribution in [0.3, 0.4) is 0 Å². The van der Waals surface area contributed by atoms with Crippen LogP contribution < -0.4 is 10.6 Å². The van der Waals surface area contributed by atoms with Crippen LogP contribution in [0.15, 0.2) is 89.0 Å². The number of halogens is 1. The molecule has 5 heteroatoms. The van der Waals surface area contributed by atoms with Gasteiger partial charge in [-0.1, -0.05) is 64.0 Å². The Balaban J connectivity index is 1.86. The van der Waals surface area contributed by atoms with Gasteiger partial charge in [0.25, 0.3) is 11.8 Å². The molecule has 140 valence electrons. The molecule has 2 amide bonds. The zero-order valence-corrected chi connectivity index (χ0v) is 16.9. The minimum atomic E-state index is -0.393. The Kier molecular flexibility index (Phi) is 6.40. The summed E-state index contributed by atoms with van der Waals surface area (Å²) in [4.78, 5) is 25.4. The molecule has 0 aromatic heterocycles. The quantitative estimate of drug-likeness (QED) is 0.544. The van der Waals surface area contributed by atoms with Gasteiger partial charge in [0.15, 0.2) is 0 Å². The minimum absolute atomic E-state index is 0.164. The van der Waals surface area contributed by atoms with Gasteiger partial charge in [-0.25, -0.2) is 0 Å². The molecule has 3 aromatic rings. The van der Waals surface area contributed by atoms with Gasteiger partial charge in [0, 0.05) is 15.7 Å². The maximum absolute atomic E-state index is 12.8. The second-order valence-corrected chi connectivity index (χ2v) is 7.17. The van der Waals surface area contributed by atoms with E-state index in [-0.39, 0.29) is 11.6 Å². The van der Waals surface area contributed by atoms with Crippen molar-refractivity contribution in [3.63, 3.8) is 0 Å². The summed E-state index contributed by atoms with van der Waals surface area (Å²) in [7, 11) is 0. The van der Waals surface area contributed by atoms with Crippen molar-refractivity contribution < 1.29 is 9.59 Å². The number of anilines is 1. The van der Waals surface area contributed by atoms with Crippen LogP contribution in [0.1, 0.15) is 21.5 Å². The van der Waals surface area contributed by atoms with Crippen molar-refractivity contribution in [2.45, 2.75) is 6.92 Å². The van der Waals surface area contributed by atoms with Gasteiger partial charge in [-0.3, -0.25) is 9.59 Å². The van der Waals surface area contributed by atoms with Gasteiger partial charge < -0.3 is 10.6 Å². The Morgan fingerprint density at radius 3 is 2.14 bits per heavy atom. The van der Waals surface area contributed by atoms with E-state index < -0.39 is 5.91 Å². The summed E-state index contributed by atoms with van der Waals surface area (Å²) in [5, 5.41) is 5.55. The largest absolute Gasteiger partial charge is 0.321 e. The number of rotatable bonds is 5. The molecule has 0 fully saturated rings. The summed E-state index contributed by atoms with van der Waals surface area (Å²) in [5.74, 6) is -0.737. The lowest BCUT2D eigenvalue weighted by molar-refractivity contribution is -0.113. The first-order chi connectivity index (χ1) is 13.5. The van der Waals surface area contributed by atoms with Crippen molar-refractivity contribution in [3.8, 4) is 0 Å². The number of hydrogen-bond donors (Lipinski definition) is 2. The molecule has 28 heavy (non-hydrogen) atoms. The topological polar surface area (TPSA) is 58.2 Å². The summed E-state index contributed by atoms with van der Waals surface area (Å²) >= 11 is 3.39. The molecular formula is C23H19BrN2O2. The highest BCUT2D eigenvalue weighted by Crippen LogP contribution is 2.15. The highest BCUT2D eigenvalue weighted by Gasteiger charge is 2.15. The third kappa shape index (κ3) is 5.41. The zero-order valence-electron chi connectivity index (χ0n) is 15.3. The van der Waals surface area contributed by atoms with Crippen molar-refractivity contribution in [2.75, 3.05) is 5.32 Å². The van der Waals surface area contributed by atoms with Crippen LogP contribution in [-0.2, 0) is 4.79 Å². The van der Waals surface area contributed by atoms with E-state index >= 15 is 0 Å². The molecular weight excluding hydrogens is 416 g/mol. The number of carbonyl (C=O) groups is 2. The lowest BCUT2D eigenvalue weighted by Crippen LogP contribution is -2.30. The van der Waals surface area contributed by atoms with Gasteiger partial charge in [-0.2, -0.15) is 0 Å². The summed E-state index contributed by atoms with van der Waals surface area (Å²) in [6.45, 7) is 1.98. The average Bonchev–Trinajstić information content (AvgIpc) is 2.71. The number of hydrogen-bond acceptors (Lipinski definition) is 2. The summed E-state index contributed by atoms with van der Waals surface area (Å²) in [5.41, 5.74) is 3.20. The third-order valence-corrected chi connectivity index (χ3v) is 4.55. The molecule has 2 N–H and O–H groups in total. The van der Waals surface area contributed by atoms with Crippen molar-refractivity contribution >= 4 is 39.5 Å². The fourth-order valence-corrected chi connectivity index (χ4v) is 2.77. The van der Waals surface area contributed by atoms with Gasteiger partial charge in [0.05, 0.1) is 0 Å². The van der Waals surface area contributed by atoms with Crippen molar-refractivity contribution in [3.05, 3.63) is 106 Å². The summed E-state index contributed by atoms with van der Waals surface area (Å²) < 4.78 is 0.934. The molecule has 0 spiro atoms. The molecule has 0 atom stereocenters. The van der Waals surface area contributed by atoms with Gasteiger partial charge in [-0.05, 0) is 55.0 Å². The Morgan fingerprint density at radius 2 is 1.50 bits per heavy atom. The van der Waals surface area contributed by atoms with Crippen LogP contribution in [0.5, 0.6) is 0 Å². The number of nitrogens with one attached hydrogen (secondary N) is 2. The van der Waals surface area contributed by atoms with E-state index in [2.05, 4.69) is 26.6 Å². The van der Waals surface area contributed by atoms with Crippen LogP contribution in [0.25, 0.3) is 6.08 Å². The van der Waals surface area contributed by atoms with Crippen LogP contribution in [0.2, 0.25) is 0 Å². The molecule has 0 unspecified atom stereocenters. The maximum atomic E-state index is 12.8. The van der Waals surface area contributed by atoms with Crippen LogP contribution in [0, 0.1) is 6.92 Å². The number of benzene rings is 3. The van der Waals surface area contributed by atoms with Crippen LogP contribution in [0.4, 0.5) is 5.69 Å². The lowest BCUT2D eigenvalue weighted by atomic mass is 10.1. The molecule has 3 aromatic carbocycles. The molecule has 0 saturated carbocycles. The van der Waals surface area contributed by atoms with Gasteiger partial charge in [0.1, 0.15) is 5.70 Å². The molecule has 0 aliphatic carbocycles. The van der Waals surface area contributed by atoms with E-state index in [1.807, 2.05) is 61.5 Å². The Bertz CT molecular complexity index is 995. The first-order valence-corrected chi connectivity index (χ1v) is 9.52. The summed E-state index contributed by atoms with van der Waals surface area (Å²) in [6, 6.07) is 23.7. The Morgan fingerprint density at radius 1 is 0.857 bits per heavy atom. The normalized spacial score (nSPS) is 11.0. The molecule has 0 heterocycles. The predicted octanol–water partition coefficient (Wildman–Crippen LogP) is 5.17. The first-order valence-electron chi connectivity index (χ1n) is 8.73. The molecule has 0 aliphatic rings. The van der Waals surface area contributed by atoms with E-state index in [1.165, 1.54) is 0 Å². The smallest absolute Gasteiger partial charge is 0.272 e. The molecule has 0 radical (unpaired) electrons. The highest BCUT2D eigenvalue weighted by molar-refractivity contribution is 9.10. The number of aryl methyl sites for hydroxylation is 1.